The Labute approximate surface area is 148 Å². The second kappa shape index (κ2) is 7.79. The fourth-order valence-electron chi connectivity index (χ4n) is 2.87. The molecule has 0 unspecified atom stereocenters. The molecule has 6 heteroatoms. The number of carbonyl (C=O) groups excluding carboxylic acids is 1. The summed E-state index contributed by atoms with van der Waals surface area (Å²) in [6.07, 6.45) is 1.65. The van der Waals surface area contributed by atoms with Crippen molar-refractivity contribution >= 4 is 17.5 Å². The summed E-state index contributed by atoms with van der Waals surface area (Å²) in [5, 5.41) is 2.76. The van der Waals surface area contributed by atoms with Gasteiger partial charge in [-0.15, -0.1) is 6.58 Å². The van der Waals surface area contributed by atoms with E-state index < -0.39 is 0 Å². The van der Waals surface area contributed by atoms with Crippen molar-refractivity contribution in [3.8, 4) is 0 Å². The summed E-state index contributed by atoms with van der Waals surface area (Å²) in [5.74, 6) is 0.422. The highest BCUT2D eigenvalue weighted by Crippen LogP contribution is 2.18. The van der Waals surface area contributed by atoms with Gasteiger partial charge in [-0.3, -0.25) is 4.79 Å². The standard InChI is InChI=1S/C19H23N5O/c1-3-9-20-18(25)17-14-15(2)21-19(22-17)24-12-10-23(11-13-24)16-7-5-4-6-8-16/h3-8,14H,1,9-13H2,2H3,(H,20,25). The molecule has 1 aliphatic rings. The van der Waals surface area contributed by atoms with E-state index in [1.54, 1.807) is 12.1 Å². The summed E-state index contributed by atoms with van der Waals surface area (Å²) in [6, 6.07) is 12.1. The Kier molecular flexibility index (Phi) is 5.28. The lowest BCUT2D eigenvalue weighted by Gasteiger charge is -2.36. The summed E-state index contributed by atoms with van der Waals surface area (Å²) in [7, 11) is 0. The van der Waals surface area contributed by atoms with Gasteiger partial charge in [-0.25, -0.2) is 9.97 Å². The van der Waals surface area contributed by atoms with E-state index in [0.29, 0.717) is 18.2 Å². The Morgan fingerprint density at radius 2 is 1.84 bits per heavy atom. The smallest absolute Gasteiger partial charge is 0.270 e. The molecule has 0 aliphatic carbocycles. The first-order chi connectivity index (χ1) is 12.2. The fourth-order valence-corrected chi connectivity index (χ4v) is 2.87. The molecule has 130 valence electrons. The van der Waals surface area contributed by atoms with Gasteiger partial charge in [-0.1, -0.05) is 24.3 Å². The lowest BCUT2D eigenvalue weighted by atomic mass is 10.2. The summed E-state index contributed by atoms with van der Waals surface area (Å²) in [6.45, 7) is 9.37. The van der Waals surface area contributed by atoms with Crippen LogP contribution >= 0.6 is 0 Å². The molecule has 0 saturated carbocycles. The number of amides is 1. The summed E-state index contributed by atoms with van der Waals surface area (Å²) in [4.78, 5) is 25.6. The van der Waals surface area contributed by atoms with Crippen LogP contribution in [-0.4, -0.2) is 48.6 Å². The molecular formula is C19H23N5O. The van der Waals surface area contributed by atoms with E-state index in [1.165, 1.54) is 5.69 Å². The average Bonchev–Trinajstić information content (AvgIpc) is 2.66. The first kappa shape index (κ1) is 17.0. The van der Waals surface area contributed by atoms with Gasteiger partial charge in [0, 0.05) is 44.1 Å². The van der Waals surface area contributed by atoms with E-state index in [0.717, 1.165) is 31.9 Å². The Hall–Kier alpha value is -2.89. The van der Waals surface area contributed by atoms with E-state index in [1.807, 2.05) is 13.0 Å². The number of piperazine rings is 1. The molecule has 1 fully saturated rings. The van der Waals surface area contributed by atoms with Crippen LogP contribution in [0.2, 0.25) is 0 Å². The van der Waals surface area contributed by atoms with Gasteiger partial charge in [0.05, 0.1) is 0 Å². The van der Waals surface area contributed by atoms with E-state index >= 15 is 0 Å². The number of anilines is 2. The molecule has 0 bridgehead atoms. The van der Waals surface area contributed by atoms with Gasteiger partial charge in [0.25, 0.3) is 5.91 Å². The van der Waals surface area contributed by atoms with E-state index in [9.17, 15) is 4.79 Å². The molecule has 1 amide bonds. The molecule has 1 aromatic carbocycles. The predicted octanol–water partition coefficient (Wildman–Crippen LogP) is 2.03. The summed E-state index contributed by atoms with van der Waals surface area (Å²) < 4.78 is 0. The van der Waals surface area contributed by atoms with Gasteiger partial charge in [0.1, 0.15) is 5.69 Å². The second-order valence-corrected chi connectivity index (χ2v) is 6.00. The predicted molar refractivity (Wildman–Crippen MR) is 100 cm³/mol. The molecule has 0 radical (unpaired) electrons. The highest BCUT2D eigenvalue weighted by Gasteiger charge is 2.20. The molecule has 1 aromatic heterocycles. The van der Waals surface area contributed by atoms with Crippen LogP contribution in [0.3, 0.4) is 0 Å². The number of hydrogen-bond acceptors (Lipinski definition) is 5. The summed E-state index contributed by atoms with van der Waals surface area (Å²) >= 11 is 0. The molecule has 1 aliphatic heterocycles. The summed E-state index contributed by atoms with van der Waals surface area (Å²) in [5.41, 5.74) is 2.42. The molecule has 25 heavy (non-hydrogen) atoms. The van der Waals surface area contributed by atoms with Crippen molar-refractivity contribution < 1.29 is 4.79 Å². The number of nitrogens with one attached hydrogen (secondary N) is 1. The van der Waals surface area contributed by atoms with Crippen LogP contribution in [0.4, 0.5) is 11.6 Å². The van der Waals surface area contributed by atoms with Gasteiger partial charge in [-0.05, 0) is 25.1 Å². The number of nitrogens with zero attached hydrogens (tertiary/aromatic N) is 4. The Bertz CT molecular complexity index is 739. The SMILES string of the molecule is C=CCNC(=O)c1cc(C)nc(N2CCN(c3ccccc3)CC2)n1. The number of para-hydroxylation sites is 1. The quantitative estimate of drug-likeness (QED) is 0.846. The average molecular weight is 337 g/mol. The number of aromatic nitrogens is 2. The van der Waals surface area contributed by atoms with Gasteiger partial charge in [0.15, 0.2) is 0 Å². The minimum Gasteiger partial charge on any atom is -0.368 e. The molecule has 0 spiro atoms. The van der Waals surface area contributed by atoms with Crippen LogP contribution in [0.5, 0.6) is 0 Å². The van der Waals surface area contributed by atoms with Gasteiger partial charge in [-0.2, -0.15) is 0 Å². The molecule has 1 N–H and O–H groups in total. The molecule has 2 aromatic rings. The van der Waals surface area contributed by atoms with E-state index in [2.05, 4.69) is 55.9 Å². The third-order valence-corrected chi connectivity index (χ3v) is 4.17. The van der Waals surface area contributed by atoms with Gasteiger partial charge < -0.3 is 15.1 Å². The highest BCUT2D eigenvalue weighted by atomic mass is 16.1. The van der Waals surface area contributed by atoms with E-state index in [-0.39, 0.29) is 5.91 Å². The van der Waals surface area contributed by atoms with Crippen LogP contribution in [-0.2, 0) is 0 Å². The topological polar surface area (TPSA) is 61.4 Å². The van der Waals surface area contributed by atoms with Crippen molar-refractivity contribution in [1.29, 1.82) is 0 Å². The Balaban J connectivity index is 1.69. The first-order valence-electron chi connectivity index (χ1n) is 8.47. The number of hydrogen-bond donors (Lipinski definition) is 1. The van der Waals surface area contributed by atoms with Crippen molar-refractivity contribution in [2.75, 3.05) is 42.5 Å². The van der Waals surface area contributed by atoms with Crippen LogP contribution in [0.1, 0.15) is 16.2 Å². The molecule has 1 saturated heterocycles. The maximum Gasteiger partial charge on any atom is 0.270 e. The van der Waals surface area contributed by atoms with Crippen LogP contribution in [0, 0.1) is 6.92 Å². The molecule has 6 nitrogen and oxygen atoms in total. The van der Waals surface area contributed by atoms with Gasteiger partial charge >= 0.3 is 0 Å². The van der Waals surface area contributed by atoms with Gasteiger partial charge in [0.2, 0.25) is 5.95 Å². The lowest BCUT2D eigenvalue weighted by Crippen LogP contribution is -2.47. The number of rotatable bonds is 5. The zero-order valence-electron chi connectivity index (χ0n) is 14.5. The zero-order chi connectivity index (χ0) is 17.6. The molecule has 3 rings (SSSR count). The molecule has 2 heterocycles. The Morgan fingerprint density at radius 1 is 1.16 bits per heavy atom. The zero-order valence-corrected chi connectivity index (χ0v) is 14.5. The third kappa shape index (κ3) is 4.15. The van der Waals surface area contributed by atoms with Crippen LogP contribution in [0.15, 0.2) is 49.1 Å². The minimum absolute atomic E-state index is 0.199. The maximum absolute atomic E-state index is 12.2. The number of benzene rings is 1. The molecular weight excluding hydrogens is 314 g/mol. The minimum atomic E-state index is -0.199. The molecule has 0 atom stereocenters. The van der Waals surface area contributed by atoms with Crippen molar-refractivity contribution in [2.24, 2.45) is 0 Å². The van der Waals surface area contributed by atoms with Crippen molar-refractivity contribution in [2.45, 2.75) is 6.92 Å². The van der Waals surface area contributed by atoms with E-state index in [4.69, 9.17) is 0 Å². The van der Waals surface area contributed by atoms with Crippen molar-refractivity contribution in [3.05, 3.63) is 60.4 Å². The van der Waals surface area contributed by atoms with Crippen LogP contribution < -0.4 is 15.1 Å². The second-order valence-electron chi connectivity index (χ2n) is 6.00. The lowest BCUT2D eigenvalue weighted by molar-refractivity contribution is 0.0953. The monoisotopic (exact) mass is 337 g/mol. The Morgan fingerprint density at radius 3 is 2.52 bits per heavy atom. The largest absolute Gasteiger partial charge is 0.368 e. The van der Waals surface area contributed by atoms with Crippen molar-refractivity contribution in [3.63, 3.8) is 0 Å². The number of carbonyl (C=O) groups is 1. The normalized spacial score (nSPS) is 14.3. The third-order valence-electron chi connectivity index (χ3n) is 4.17. The van der Waals surface area contributed by atoms with Crippen LogP contribution in [0.25, 0.3) is 0 Å². The van der Waals surface area contributed by atoms with Crippen molar-refractivity contribution in [1.82, 2.24) is 15.3 Å². The maximum atomic E-state index is 12.2. The fraction of sp³-hybridized carbons (Fsp3) is 0.316. The number of aryl methyl sites for hydroxylation is 1. The highest BCUT2D eigenvalue weighted by molar-refractivity contribution is 5.92. The first-order valence-corrected chi connectivity index (χ1v) is 8.47.